The normalized spacial score (nSPS) is 19.1. The number of carbonyl (C=O) groups excluding carboxylic acids is 1. The first kappa shape index (κ1) is 25.2. The summed E-state index contributed by atoms with van der Waals surface area (Å²) in [5.74, 6) is 1.47. The highest BCUT2D eigenvalue weighted by molar-refractivity contribution is 8.15. The van der Waals surface area contributed by atoms with Crippen LogP contribution in [0.15, 0.2) is 77.8 Å². The molecule has 11 heteroatoms. The number of nitrogens with zero attached hydrogens (tertiary/aromatic N) is 2. The van der Waals surface area contributed by atoms with Crippen LogP contribution >= 0.6 is 11.8 Å². The molecule has 0 radical (unpaired) electrons. The maximum absolute atomic E-state index is 14.7. The average molecular weight is 518 g/mol. The summed E-state index contributed by atoms with van der Waals surface area (Å²) in [7, 11) is 4.40. The molecule has 7 nitrogen and oxygen atoms in total. The van der Waals surface area contributed by atoms with Gasteiger partial charge in [0.15, 0.2) is 5.17 Å². The van der Waals surface area contributed by atoms with Crippen LogP contribution in [0, 0.1) is 0 Å². The van der Waals surface area contributed by atoms with Crippen LogP contribution < -0.4 is 24.4 Å². The molecule has 1 fully saturated rings. The number of rotatable bonds is 6. The first-order chi connectivity index (χ1) is 17.2. The summed E-state index contributed by atoms with van der Waals surface area (Å²) in [4.78, 5) is 16.1. The fourth-order valence-corrected chi connectivity index (χ4v) is 4.76. The fraction of sp³-hybridized carbons (Fsp3) is 0.200. The maximum atomic E-state index is 14.7. The van der Waals surface area contributed by atoms with Crippen LogP contribution in [-0.2, 0) is 4.87 Å². The minimum atomic E-state index is -4.87. The molecular formula is C25H22F3N3O4S. The van der Waals surface area contributed by atoms with Crippen LogP contribution in [0.4, 0.5) is 29.3 Å². The number of anilines is 1. The Morgan fingerprint density at radius 2 is 1.28 bits per heavy atom. The van der Waals surface area contributed by atoms with Crippen molar-refractivity contribution in [1.82, 2.24) is 5.32 Å². The second-order valence-corrected chi connectivity index (χ2v) is 8.75. The van der Waals surface area contributed by atoms with Gasteiger partial charge in [0, 0.05) is 0 Å². The van der Waals surface area contributed by atoms with E-state index in [1.165, 1.54) is 45.6 Å². The molecule has 0 aromatic heterocycles. The van der Waals surface area contributed by atoms with E-state index in [4.69, 9.17) is 14.2 Å². The van der Waals surface area contributed by atoms with Gasteiger partial charge >= 0.3 is 12.2 Å². The molecule has 0 spiro atoms. The van der Waals surface area contributed by atoms with Crippen LogP contribution in [-0.4, -0.2) is 38.7 Å². The van der Waals surface area contributed by atoms with Crippen LogP contribution in [0.1, 0.15) is 5.56 Å². The summed E-state index contributed by atoms with van der Waals surface area (Å²) in [5.41, 5.74) is 0.488. The maximum Gasteiger partial charge on any atom is 0.425 e. The number of alkyl halides is 3. The number of nitrogens with one attached hydrogen (secondary N) is 1. The van der Waals surface area contributed by atoms with E-state index in [2.05, 4.69) is 10.3 Å². The van der Waals surface area contributed by atoms with Crippen molar-refractivity contribution in [1.29, 1.82) is 0 Å². The topological polar surface area (TPSA) is 72.4 Å². The zero-order valence-electron chi connectivity index (χ0n) is 19.5. The number of amidine groups is 1. The van der Waals surface area contributed by atoms with Gasteiger partial charge in [0.05, 0.1) is 32.7 Å². The number of halogens is 3. The zero-order chi connectivity index (χ0) is 25.9. The minimum Gasteiger partial charge on any atom is -0.497 e. The van der Waals surface area contributed by atoms with Gasteiger partial charge in [-0.05, 0) is 78.0 Å². The molecule has 3 aromatic carbocycles. The molecule has 36 heavy (non-hydrogen) atoms. The lowest BCUT2D eigenvalue weighted by atomic mass is 10.1. The van der Waals surface area contributed by atoms with Crippen LogP contribution in [0.5, 0.6) is 17.2 Å². The minimum absolute atomic E-state index is 0.165. The predicted molar refractivity (Wildman–Crippen MR) is 132 cm³/mol. The molecule has 0 saturated carbocycles. The van der Waals surface area contributed by atoms with E-state index in [9.17, 15) is 18.0 Å². The average Bonchev–Trinajstić information content (AvgIpc) is 2.88. The molecule has 1 saturated heterocycles. The largest absolute Gasteiger partial charge is 0.497 e. The number of urea groups is 1. The molecule has 2 amide bonds. The number of thioether (sulfide) groups is 1. The number of carbonyl (C=O) groups is 1. The molecule has 1 N–H and O–H groups in total. The number of ether oxygens (including phenoxy) is 3. The Morgan fingerprint density at radius 1 is 0.806 bits per heavy atom. The molecule has 1 aliphatic rings. The monoisotopic (exact) mass is 517 g/mol. The summed E-state index contributed by atoms with van der Waals surface area (Å²) in [6.45, 7) is 0. The molecule has 4 rings (SSSR count). The molecule has 1 aliphatic heterocycles. The van der Waals surface area contributed by atoms with Crippen molar-refractivity contribution in [2.45, 2.75) is 11.0 Å². The molecule has 0 unspecified atom stereocenters. The first-order valence-electron chi connectivity index (χ1n) is 10.6. The van der Waals surface area contributed by atoms with Gasteiger partial charge in [-0.25, -0.2) is 14.7 Å². The summed E-state index contributed by atoms with van der Waals surface area (Å²) in [5, 5.41) is 2.02. The number of aliphatic imine (C=N–C) groups is 1. The van der Waals surface area contributed by atoms with E-state index in [1.54, 1.807) is 48.5 Å². The predicted octanol–water partition coefficient (Wildman–Crippen LogP) is 6.08. The van der Waals surface area contributed by atoms with Crippen molar-refractivity contribution in [2.75, 3.05) is 26.2 Å². The molecular weight excluding hydrogens is 495 g/mol. The van der Waals surface area contributed by atoms with Gasteiger partial charge in [-0.2, -0.15) is 13.2 Å². The Kier molecular flexibility index (Phi) is 7.02. The number of benzene rings is 3. The standard InChI is InChI=1S/C25H22F3N3O4S/c1-33-19-10-4-16(5-11-19)24(25(26,27)28)30-22(32)31(18-8-14-21(35-3)15-9-18)23(36-24)29-17-6-12-20(34-2)13-7-17/h4-15H,1-3H3,(H,30,32)/t24-/m0/s1. The first-order valence-corrected chi connectivity index (χ1v) is 11.4. The van der Waals surface area contributed by atoms with Crippen molar-refractivity contribution in [3.63, 3.8) is 0 Å². The highest BCUT2D eigenvalue weighted by atomic mass is 32.2. The molecule has 1 heterocycles. The van der Waals surface area contributed by atoms with E-state index >= 15 is 0 Å². The Hall–Kier alpha value is -3.86. The van der Waals surface area contributed by atoms with Gasteiger partial charge in [0.25, 0.3) is 0 Å². The van der Waals surface area contributed by atoms with Crippen LogP contribution in [0.25, 0.3) is 0 Å². The number of hydrogen-bond acceptors (Lipinski definition) is 6. The van der Waals surface area contributed by atoms with Gasteiger partial charge in [-0.1, -0.05) is 12.1 Å². The Morgan fingerprint density at radius 3 is 1.75 bits per heavy atom. The van der Waals surface area contributed by atoms with Gasteiger partial charge in [0.1, 0.15) is 17.2 Å². The number of methoxy groups -OCH3 is 3. The van der Waals surface area contributed by atoms with Gasteiger partial charge < -0.3 is 19.5 Å². The summed E-state index contributed by atoms with van der Waals surface area (Å²) in [6, 6.07) is 17.2. The summed E-state index contributed by atoms with van der Waals surface area (Å²) >= 11 is 0.390. The molecule has 0 aliphatic carbocycles. The van der Waals surface area contributed by atoms with Crippen LogP contribution in [0.3, 0.4) is 0 Å². The number of amides is 2. The third kappa shape index (κ3) is 4.78. The van der Waals surface area contributed by atoms with Crippen molar-refractivity contribution >= 4 is 34.3 Å². The van der Waals surface area contributed by atoms with E-state index < -0.39 is 17.1 Å². The number of hydrogen-bond donors (Lipinski definition) is 1. The second-order valence-electron chi connectivity index (χ2n) is 7.57. The Balaban J connectivity index is 1.86. The molecule has 188 valence electrons. The van der Waals surface area contributed by atoms with Gasteiger partial charge in [-0.3, -0.25) is 0 Å². The summed E-state index contributed by atoms with van der Waals surface area (Å²) in [6.07, 6.45) is -4.87. The Bertz CT molecular complexity index is 1250. The highest BCUT2D eigenvalue weighted by Crippen LogP contribution is 2.51. The lowest BCUT2D eigenvalue weighted by Crippen LogP contribution is -2.63. The van der Waals surface area contributed by atoms with Gasteiger partial charge in [-0.15, -0.1) is 0 Å². The Labute approximate surface area is 209 Å². The van der Waals surface area contributed by atoms with Crippen molar-refractivity contribution in [3.05, 3.63) is 78.4 Å². The molecule has 3 aromatic rings. The van der Waals surface area contributed by atoms with Crippen molar-refractivity contribution in [3.8, 4) is 17.2 Å². The smallest absolute Gasteiger partial charge is 0.425 e. The fourth-order valence-electron chi connectivity index (χ4n) is 3.55. The van der Waals surface area contributed by atoms with Crippen molar-refractivity contribution in [2.24, 2.45) is 4.99 Å². The lowest BCUT2D eigenvalue weighted by molar-refractivity contribution is -0.167. The van der Waals surface area contributed by atoms with Crippen molar-refractivity contribution < 1.29 is 32.2 Å². The van der Waals surface area contributed by atoms with Gasteiger partial charge in [0.2, 0.25) is 4.87 Å². The quantitative estimate of drug-likeness (QED) is 0.429. The summed E-state index contributed by atoms with van der Waals surface area (Å²) < 4.78 is 59.5. The third-order valence-electron chi connectivity index (χ3n) is 5.45. The van der Waals surface area contributed by atoms with E-state index in [-0.39, 0.29) is 10.7 Å². The molecule has 0 bridgehead atoms. The van der Waals surface area contributed by atoms with E-state index in [1.807, 2.05) is 0 Å². The SMILES string of the molecule is COc1ccc(N=C2S[C@@](c3ccc(OC)cc3)(C(F)(F)F)NC(=O)N2c2ccc(OC)cc2)cc1. The molecule has 1 atom stereocenters. The second kappa shape index (κ2) is 10.0. The third-order valence-corrected chi connectivity index (χ3v) is 6.78. The lowest BCUT2D eigenvalue weighted by Gasteiger charge is -2.43. The highest BCUT2D eigenvalue weighted by Gasteiger charge is 2.62. The zero-order valence-corrected chi connectivity index (χ0v) is 20.3. The van der Waals surface area contributed by atoms with E-state index in [0.717, 1.165) is 4.90 Å². The van der Waals surface area contributed by atoms with Crippen LogP contribution in [0.2, 0.25) is 0 Å². The van der Waals surface area contributed by atoms with E-state index in [0.29, 0.717) is 40.4 Å².